The van der Waals surface area contributed by atoms with Gasteiger partial charge in [0.1, 0.15) is 5.75 Å². The van der Waals surface area contributed by atoms with Gasteiger partial charge in [-0.05, 0) is 110 Å². The SMILES string of the molecule is CC(C)CCCCCCOCCCCc1ccccc1.CCC(C)CC(O)c1ccc(O)c(CN(CCCCCCCCCCCc2ccccc2)CC(O)c2cccc(CO)c2)c1. The number of hydrogen-bond acceptors (Lipinski definition) is 6. The van der Waals surface area contributed by atoms with Crippen molar-refractivity contribution in [2.24, 2.45) is 11.8 Å². The maximum atomic E-state index is 11.1. The lowest BCUT2D eigenvalue weighted by atomic mass is 9.95. The average molecular weight is 880 g/mol. The summed E-state index contributed by atoms with van der Waals surface area (Å²) in [6.07, 6.45) is 23.0. The normalized spacial score (nSPS) is 12.9. The Labute approximate surface area is 390 Å². The Morgan fingerprint density at radius 2 is 1.08 bits per heavy atom. The van der Waals surface area contributed by atoms with Crippen molar-refractivity contribution in [2.45, 2.75) is 181 Å². The van der Waals surface area contributed by atoms with Crippen molar-refractivity contribution in [2.75, 3.05) is 26.3 Å². The molecule has 4 rings (SSSR count). The predicted molar refractivity (Wildman–Crippen MR) is 270 cm³/mol. The largest absolute Gasteiger partial charge is 0.508 e. The molecule has 4 N–H and O–H groups in total. The van der Waals surface area contributed by atoms with Crippen LogP contribution in [0.1, 0.15) is 189 Å². The molecule has 6 heteroatoms. The average Bonchev–Trinajstić information content (AvgIpc) is 3.31. The van der Waals surface area contributed by atoms with Gasteiger partial charge in [0.2, 0.25) is 0 Å². The second-order valence-corrected chi connectivity index (χ2v) is 18.9. The molecule has 0 heterocycles. The third-order valence-electron chi connectivity index (χ3n) is 12.6. The van der Waals surface area contributed by atoms with Crippen LogP contribution in [0.15, 0.2) is 103 Å². The highest BCUT2D eigenvalue weighted by Crippen LogP contribution is 2.29. The summed E-state index contributed by atoms with van der Waals surface area (Å²) < 4.78 is 5.70. The number of phenols is 1. The van der Waals surface area contributed by atoms with E-state index in [0.29, 0.717) is 25.4 Å². The van der Waals surface area contributed by atoms with Crippen LogP contribution < -0.4 is 0 Å². The first-order valence-electron chi connectivity index (χ1n) is 25.4. The van der Waals surface area contributed by atoms with Crippen LogP contribution in [0.25, 0.3) is 0 Å². The van der Waals surface area contributed by atoms with E-state index in [-0.39, 0.29) is 12.4 Å². The van der Waals surface area contributed by atoms with Crippen LogP contribution in [0.5, 0.6) is 5.75 Å². The van der Waals surface area contributed by atoms with E-state index >= 15 is 0 Å². The highest BCUT2D eigenvalue weighted by Gasteiger charge is 2.18. The summed E-state index contributed by atoms with van der Waals surface area (Å²) in [5, 5.41) is 42.2. The number of nitrogens with zero attached hydrogens (tertiary/aromatic N) is 1. The summed E-state index contributed by atoms with van der Waals surface area (Å²) in [4.78, 5) is 2.21. The van der Waals surface area contributed by atoms with Crippen LogP contribution in [0.3, 0.4) is 0 Å². The minimum absolute atomic E-state index is 0.0579. The zero-order valence-corrected chi connectivity index (χ0v) is 40.7. The van der Waals surface area contributed by atoms with Crippen molar-refractivity contribution in [3.63, 3.8) is 0 Å². The van der Waals surface area contributed by atoms with Crippen molar-refractivity contribution >= 4 is 0 Å². The molecule has 6 nitrogen and oxygen atoms in total. The molecule has 0 aliphatic rings. The Kier molecular flexibility index (Phi) is 29.8. The number of aromatic hydroxyl groups is 1. The number of rotatable bonds is 34. The molecule has 0 spiro atoms. The summed E-state index contributed by atoms with van der Waals surface area (Å²) in [6.45, 7) is 12.4. The topological polar surface area (TPSA) is 93.4 Å². The van der Waals surface area contributed by atoms with Gasteiger partial charge < -0.3 is 25.2 Å². The molecule has 0 aliphatic carbocycles. The van der Waals surface area contributed by atoms with Crippen LogP contribution in [-0.4, -0.2) is 51.6 Å². The standard InChI is InChI=1S/C39H57NO4.C19H32O/c1-3-31(2)25-38(43)35-22-23-37(42)36(27-35)28-40(29-39(44)34-21-16-20-33(26-34)30-41)24-15-10-8-6-4-5-7-9-12-17-32-18-13-11-14-19-32;1-18(2)12-6-3-4-10-16-20-17-11-9-15-19-13-7-5-8-14-19/h11,13-14,16,18-23,26-27,31,38-39,41-44H,3-10,12,15,17,24-25,28-30H2,1-2H3;5,7-8,13-14,18H,3-4,6,9-12,15-17H2,1-2H3. The van der Waals surface area contributed by atoms with Crippen molar-refractivity contribution in [3.8, 4) is 5.75 Å². The number of aryl methyl sites for hydroxylation is 2. The molecule has 0 radical (unpaired) electrons. The molecule has 64 heavy (non-hydrogen) atoms. The molecule has 4 aromatic rings. The molecule has 0 aliphatic heterocycles. The fourth-order valence-electron chi connectivity index (χ4n) is 8.28. The third-order valence-corrected chi connectivity index (χ3v) is 12.6. The summed E-state index contributed by atoms with van der Waals surface area (Å²) >= 11 is 0. The Hall–Kier alpha value is -3.52. The number of hydrogen-bond donors (Lipinski definition) is 4. The lowest BCUT2D eigenvalue weighted by molar-refractivity contribution is 0.107. The molecular weight excluding hydrogens is 791 g/mol. The van der Waals surface area contributed by atoms with Crippen molar-refractivity contribution in [1.82, 2.24) is 4.90 Å². The lowest BCUT2D eigenvalue weighted by Crippen LogP contribution is -2.29. The highest BCUT2D eigenvalue weighted by atomic mass is 16.5. The summed E-state index contributed by atoms with van der Waals surface area (Å²) in [5.74, 6) is 1.49. The molecule has 0 aromatic heterocycles. The second kappa shape index (κ2) is 34.8. The van der Waals surface area contributed by atoms with Gasteiger partial charge in [0.05, 0.1) is 18.8 Å². The van der Waals surface area contributed by atoms with E-state index in [1.807, 2.05) is 36.4 Å². The molecule has 0 saturated carbocycles. The molecule has 0 fully saturated rings. The van der Waals surface area contributed by atoms with Gasteiger partial charge in [-0.25, -0.2) is 0 Å². The number of aliphatic hydroxyl groups excluding tert-OH is 3. The second-order valence-electron chi connectivity index (χ2n) is 18.9. The minimum Gasteiger partial charge on any atom is -0.508 e. The molecular formula is C58H89NO5. The first kappa shape index (κ1) is 54.8. The Morgan fingerprint density at radius 3 is 1.69 bits per heavy atom. The first-order valence-corrected chi connectivity index (χ1v) is 25.4. The smallest absolute Gasteiger partial charge is 0.120 e. The number of phenolic OH excluding ortho intramolecular Hbond substituents is 1. The third kappa shape index (κ3) is 25.2. The molecule has 0 amide bonds. The minimum atomic E-state index is -0.704. The molecule has 356 valence electrons. The van der Waals surface area contributed by atoms with Gasteiger partial charge in [-0.2, -0.15) is 0 Å². The molecule has 4 aromatic carbocycles. The monoisotopic (exact) mass is 880 g/mol. The van der Waals surface area contributed by atoms with Gasteiger partial charge in [0.15, 0.2) is 0 Å². The molecule has 0 saturated heterocycles. The summed E-state index contributed by atoms with van der Waals surface area (Å²) in [5.41, 5.74) is 6.05. The van der Waals surface area contributed by atoms with Gasteiger partial charge >= 0.3 is 0 Å². The fourth-order valence-corrected chi connectivity index (χ4v) is 8.28. The molecule has 3 unspecified atom stereocenters. The van der Waals surface area contributed by atoms with E-state index in [0.717, 1.165) is 67.2 Å². The first-order chi connectivity index (χ1) is 31.2. The zero-order valence-electron chi connectivity index (χ0n) is 40.7. The molecule has 3 atom stereocenters. The number of aliphatic hydroxyl groups is 3. The number of ether oxygens (including phenoxy) is 1. The van der Waals surface area contributed by atoms with Crippen molar-refractivity contribution < 1.29 is 25.2 Å². The van der Waals surface area contributed by atoms with Crippen LogP contribution >= 0.6 is 0 Å². The van der Waals surface area contributed by atoms with E-state index in [1.165, 1.54) is 114 Å². The van der Waals surface area contributed by atoms with Gasteiger partial charge in [0.25, 0.3) is 0 Å². The maximum Gasteiger partial charge on any atom is 0.120 e. The summed E-state index contributed by atoms with van der Waals surface area (Å²) in [7, 11) is 0. The van der Waals surface area contributed by atoms with Crippen LogP contribution in [0.4, 0.5) is 0 Å². The van der Waals surface area contributed by atoms with Crippen LogP contribution in [0.2, 0.25) is 0 Å². The predicted octanol–water partition coefficient (Wildman–Crippen LogP) is 14.3. The lowest BCUT2D eigenvalue weighted by Gasteiger charge is -2.26. The van der Waals surface area contributed by atoms with Gasteiger partial charge in [-0.15, -0.1) is 0 Å². The van der Waals surface area contributed by atoms with E-state index in [4.69, 9.17) is 4.74 Å². The maximum absolute atomic E-state index is 11.1. The zero-order chi connectivity index (χ0) is 46.0. The molecule has 0 bridgehead atoms. The Morgan fingerprint density at radius 1 is 0.547 bits per heavy atom. The van der Waals surface area contributed by atoms with Gasteiger partial charge in [-0.3, -0.25) is 4.90 Å². The summed E-state index contributed by atoms with van der Waals surface area (Å²) in [6, 6.07) is 34.4. The van der Waals surface area contributed by atoms with Crippen LogP contribution in [-0.2, 0) is 30.7 Å². The van der Waals surface area contributed by atoms with Crippen molar-refractivity contribution in [1.29, 1.82) is 0 Å². The van der Waals surface area contributed by atoms with E-state index in [2.05, 4.69) is 93.3 Å². The van der Waals surface area contributed by atoms with Crippen molar-refractivity contribution in [3.05, 3.63) is 137 Å². The van der Waals surface area contributed by atoms with E-state index in [9.17, 15) is 20.4 Å². The highest BCUT2D eigenvalue weighted by molar-refractivity contribution is 5.37. The number of benzene rings is 4. The van der Waals surface area contributed by atoms with E-state index in [1.54, 1.807) is 6.07 Å². The Bertz CT molecular complexity index is 1700. The van der Waals surface area contributed by atoms with E-state index < -0.39 is 12.2 Å². The van der Waals surface area contributed by atoms with Gasteiger partial charge in [0, 0.05) is 31.9 Å². The Balaban J connectivity index is 0.000000454. The number of unbranched alkanes of at least 4 members (excludes halogenated alkanes) is 12. The van der Waals surface area contributed by atoms with Crippen LogP contribution in [0, 0.1) is 11.8 Å². The van der Waals surface area contributed by atoms with Gasteiger partial charge in [-0.1, -0.05) is 196 Å². The fraction of sp³-hybridized carbons (Fsp3) is 0.586. The quantitative estimate of drug-likeness (QED) is 0.0349.